The smallest absolute Gasteiger partial charge is 0.326 e. The van der Waals surface area contributed by atoms with Crippen LogP contribution < -0.4 is 16.7 Å². The molecule has 0 aliphatic rings. The lowest BCUT2D eigenvalue weighted by molar-refractivity contribution is -0.116. The quantitative estimate of drug-likeness (QED) is 0.737. The van der Waals surface area contributed by atoms with Gasteiger partial charge in [-0.15, -0.1) is 0 Å². The monoisotopic (exact) mass is 369 g/mol. The van der Waals surface area contributed by atoms with Crippen LogP contribution in [0.4, 0.5) is 5.69 Å². The lowest BCUT2D eigenvalue weighted by atomic mass is 10.2. The van der Waals surface area contributed by atoms with Crippen LogP contribution in [0, 0.1) is 13.8 Å². The molecule has 1 amide bonds. The van der Waals surface area contributed by atoms with Crippen molar-refractivity contribution in [2.45, 2.75) is 33.2 Å². The summed E-state index contributed by atoms with van der Waals surface area (Å²) in [6, 6.07) is 7.22. The number of anilines is 1. The Morgan fingerprint density at radius 2 is 1.78 bits per heavy atom. The minimum atomic E-state index is -0.289. The van der Waals surface area contributed by atoms with Gasteiger partial charge >= 0.3 is 11.4 Å². The van der Waals surface area contributed by atoms with Crippen LogP contribution in [0.5, 0.6) is 0 Å². The first kappa shape index (κ1) is 18.6. The summed E-state index contributed by atoms with van der Waals surface area (Å²) in [7, 11) is 3.42. The highest BCUT2D eigenvalue weighted by Crippen LogP contribution is 2.18. The van der Waals surface area contributed by atoms with E-state index < -0.39 is 0 Å². The normalized spacial score (nSPS) is 11.1. The number of nitrogens with zero attached hydrogens (tertiary/aromatic N) is 4. The summed E-state index contributed by atoms with van der Waals surface area (Å²) >= 11 is 0. The second kappa shape index (κ2) is 7.22. The molecule has 142 valence electrons. The maximum atomic E-state index is 12.2. The van der Waals surface area contributed by atoms with Gasteiger partial charge in [-0.25, -0.2) is 9.59 Å². The maximum absolute atomic E-state index is 12.2. The molecule has 8 heteroatoms. The Morgan fingerprint density at radius 3 is 2.48 bits per heavy atom. The zero-order chi connectivity index (χ0) is 19.7. The van der Waals surface area contributed by atoms with E-state index in [1.165, 1.54) is 0 Å². The van der Waals surface area contributed by atoms with Gasteiger partial charge in [0.25, 0.3) is 0 Å². The van der Waals surface area contributed by atoms with Crippen molar-refractivity contribution in [2.24, 2.45) is 14.1 Å². The largest absolute Gasteiger partial charge is 0.347 e. The van der Waals surface area contributed by atoms with E-state index in [0.717, 1.165) is 16.7 Å². The molecule has 0 aliphatic carbocycles. The summed E-state index contributed by atoms with van der Waals surface area (Å²) < 4.78 is 4.69. The summed E-state index contributed by atoms with van der Waals surface area (Å²) in [5.41, 5.74) is 3.33. The van der Waals surface area contributed by atoms with Gasteiger partial charge in [0, 0.05) is 44.1 Å². The molecule has 2 heterocycles. The fraction of sp³-hybridized carbons (Fsp3) is 0.368. The van der Waals surface area contributed by atoms with Crippen LogP contribution in [0.1, 0.15) is 24.2 Å². The number of amides is 1. The van der Waals surface area contributed by atoms with Gasteiger partial charge in [0.1, 0.15) is 0 Å². The van der Waals surface area contributed by atoms with Crippen molar-refractivity contribution in [2.75, 3.05) is 5.32 Å². The van der Waals surface area contributed by atoms with E-state index in [4.69, 9.17) is 0 Å². The van der Waals surface area contributed by atoms with Crippen molar-refractivity contribution in [1.29, 1.82) is 0 Å². The van der Waals surface area contributed by atoms with Crippen LogP contribution in [0.25, 0.3) is 11.0 Å². The van der Waals surface area contributed by atoms with E-state index in [-0.39, 0.29) is 23.7 Å². The van der Waals surface area contributed by atoms with Crippen molar-refractivity contribution >= 4 is 22.6 Å². The number of aryl methyl sites for hydroxylation is 4. The predicted octanol–water partition coefficient (Wildman–Crippen LogP) is 1.47. The summed E-state index contributed by atoms with van der Waals surface area (Å²) in [6.45, 7) is 4.08. The van der Waals surface area contributed by atoms with Crippen molar-refractivity contribution < 1.29 is 4.79 Å². The fourth-order valence-electron chi connectivity index (χ4n) is 3.25. The van der Waals surface area contributed by atoms with Crippen LogP contribution in [-0.2, 0) is 25.4 Å². The minimum absolute atomic E-state index is 0.110. The minimum Gasteiger partial charge on any atom is -0.326 e. The third-order valence-electron chi connectivity index (χ3n) is 4.69. The number of carbonyl (C=O) groups is 1. The Labute approximate surface area is 156 Å². The molecule has 8 nitrogen and oxygen atoms in total. The molecule has 1 N–H and O–H groups in total. The van der Waals surface area contributed by atoms with Gasteiger partial charge in [0.05, 0.1) is 11.0 Å². The molecule has 0 aliphatic heterocycles. The van der Waals surface area contributed by atoms with Gasteiger partial charge in [-0.3, -0.25) is 18.5 Å². The molecule has 27 heavy (non-hydrogen) atoms. The van der Waals surface area contributed by atoms with Crippen molar-refractivity contribution in [3.8, 4) is 0 Å². The van der Waals surface area contributed by atoms with E-state index in [2.05, 4.69) is 10.3 Å². The molecule has 0 atom stereocenters. The highest BCUT2D eigenvalue weighted by molar-refractivity contribution is 5.93. The molecule has 3 rings (SSSR count). The number of hydrogen-bond donors (Lipinski definition) is 1. The number of hydrogen-bond acceptors (Lipinski definition) is 4. The zero-order valence-corrected chi connectivity index (χ0v) is 15.9. The van der Waals surface area contributed by atoms with Crippen LogP contribution in [0.3, 0.4) is 0 Å². The summed E-state index contributed by atoms with van der Waals surface area (Å²) in [5.74, 6) is -0.138. The van der Waals surface area contributed by atoms with Crippen molar-refractivity contribution in [1.82, 2.24) is 18.7 Å². The average molecular weight is 369 g/mol. The number of carbonyl (C=O) groups excluding carboxylic acids is 1. The van der Waals surface area contributed by atoms with E-state index >= 15 is 0 Å². The molecule has 0 fully saturated rings. The Morgan fingerprint density at radius 1 is 1.07 bits per heavy atom. The van der Waals surface area contributed by atoms with Crippen LogP contribution in [-0.4, -0.2) is 24.6 Å². The van der Waals surface area contributed by atoms with Crippen molar-refractivity contribution in [3.63, 3.8) is 0 Å². The van der Waals surface area contributed by atoms with Crippen molar-refractivity contribution in [3.05, 3.63) is 56.6 Å². The van der Waals surface area contributed by atoms with E-state index in [0.29, 0.717) is 24.3 Å². The Balaban J connectivity index is 1.65. The van der Waals surface area contributed by atoms with Gasteiger partial charge in [-0.05, 0) is 44.5 Å². The standard InChI is InChI=1S/C19H23N5O3/c1-12-10-13(2)24(18(26)20-12)9-5-6-17(25)21-14-7-8-15-16(11-14)23(4)19(27)22(15)3/h7-8,10-11H,5-6,9H2,1-4H3,(H,21,25). The third-order valence-corrected chi connectivity index (χ3v) is 4.69. The highest BCUT2D eigenvalue weighted by Gasteiger charge is 2.10. The van der Waals surface area contributed by atoms with Crippen LogP contribution >= 0.6 is 0 Å². The topological polar surface area (TPSA) is 90.9 Å². The van der Waals surface area contributed by atoms with Gasteiger partial charge in [0.2, 0.25) is 5.91 Å². The fourth-order valence-corrected chi connectivity index (χ4v) is 3.25. The molecule has 0 unspecified atom stereocenters. The lowest BCUT2D eigenvalue weighted by Crippen LogP contribution is -2.26. The van der Waals surface area contributed by atoms with Gasteiger partial charge in [0.15, 0.2) is 0 Å². The third kappa shape index (κ3) is 3.69. The summed E-state index contributed by atoms with van der Waals surface area (Å²) in [5, 5.41) is 2.85. The number of imidazole rings is 1. The highest BCUT2D eigenvalue weighted by atomic mass is 16.2. The first-order chi connectivity index (χ1) is 12.8. The molecule has 0 radical (unpaired) electrons. The molecule has 0 saturated heterocycles. The second-order valence-electron chi connectivity index (χ2n) is 6.73. The van der Waals surface area contributed by atoms with Crippen LogP contribution in [0.15, 0.2) is 33.9 Å². The van der Waals surface area contributed by atoms with E-state index in [1.807, 2.05) is 19.1 Å². The SMILES string of the molecule is Cc1cc(C)n(CCCC(=O)Nc2ccc3c(c2)n(C)c(=O)n3C)c(=O)n1. The lowest BCUT2D eigenvalue weighted by Gasteiger charge is -2.10. The molecule has 3 aromatic rings. The average Bonchev–Trinajstić information content (AvgIpc) is 2.81. The number of nitrogens with one attached hydrogen (secondary N) is 1. The molecule has 0 saturated carbocycles. The Hall–Kier alpha value is -3.16. The van der Waals surface area contributed by atoms with Gasteiger partial charge in [-0.2, -0.15) is 4.98 Å². The maximum Gasteiger partial charge on any atom is 0.347 e. The Kier molecular flexibility index (Phi) is 4.98. The molecule has 2 aromatic heterocycles. The number of benzene rings is 1. The number of rotatable bonds is 5. The number of aromatic nitrogens is 4. The van der Waals surface area contributed by atoms with Gasteiger partial charge in [-0.1, -0.05) is 0 Å². The van der Waals surface area contributed by atoms with E-state index in [1.54, 1.807) is 46.9 Å². The molecular weight excluding hydrogens is 346 g/mol. The van der Waals surface area contributed by atoms with Gasteiger partial charge < -0.3 is 5.32 Å². The summed E-state index contributed by atoms with van der Waals surface area (Å²) in [6.07, 6.45) is 0.814. The molecule has 0 spiro atoms. The molecule has 0 bridgehead atoms. The van der Waals surface area contributed by atoms with E-state index in [9.17, 15) is 14.4 Å². The van der Waals surface area contributed by atoms with Crippen LogP contribution in [0.2, 0.25) is 0 Å². The number of fused-ring (bicyclic) bond motifs is 1. The molecular formula is C19H23N5O3. The Bertz CT molecular complexity index is 1140. The predicted molar refractivity (Wildman–Crippen MR) is 104 cm³/mol. The molecule has 1 aromatic carbocycles. The first-order valence-electron chi connectivity index (χ1n) is 8.78. The first-order valence-corrected chi connectivity index (χ1v) is 8.78. The zero-order valence-electron chi connectivity index (χ0n) is 15.9. The summed E-state index contributed by atoms with van der Waals surface area (Å²) in [4.78, 5) is 40.1. The second-order valence-corrected chi connectivity index (χ2v) is 6.73.